The number of amides is 1. The van der Waals surface area contributed by atoms with Crippen molar-refractivity contribution in [1.82, 2.24) is 5.32 Å². The monoisotopic (exact) mass is 231 g/mol. The van der Waals surface area contributed by atoms with Gasteiger partial charge in [-0.15, -0.1) is 0 Å². The molecule has 1 amide bonds. The molecule has 2 atom stereocenters. The van der Waals surface area contributed by atoms with E-state index in [0.717, 1.165) is 6.42 Å². The molecule has 4 nitrogen and oxygen atoms in total. The molecule has 1 heterocycles. The number of esters is 1. The molecule has 1 aromatic carbocycles. The van der Waals surface area contributed by atoms with Crippen LogP contribution in [-0.2, 0) is 9.53 Å². The average molecular weight is 231 g/mol. The highest BCUT2D eigenvalue weighted by Gasteiger charge is 2.63. The summed E-state index contributed by atoms with van der Waals surface area (Å²) in [6, 6.07) is 8.90. The Morgan fingerprint density at radius 2 is 2.18 bits per heavy atom. The molecule has 2 fully saturated rings. The molecule has 88 valence electrons. The Morgan fingerprint density at radius 3 is 2.76 bits per heavy atom. The van der Waals surface area contributed by atoms with Gasteiger partial charge in [0.15, 0.2) is 0 Å². The summed E-state index contributed by atoms with van der Waals surface area (Å²) in [5, 5.41) is 2.79. The Bertz CT molecular complexity index is 471. The third-order valence-corrected chi connectivity index (χ3v) is 3.62. The molecule has 0 bridgehead atoms. The maximum Gasteiger partial charge on any atom is 0.338 e. The van der Waals surface area contributed by atoms with Gasteiger partial charge in [-0.1, -0.05) is 18.2 Å². The zero-order valence-electron chi connectivity index (χ0n) is 9.31. The minimum Gasteiger partial charge on any atom is -0.461 e. The van der Waals surface area contributed by atoms with Crippen molar-refractivity contribution >= 4 is 11.9 Å². The number of rotatable bonds is 3. The lowest BCUT2D eigenvalue weighted by atomic mass is 10.1. The zero-order chi connectivity index (χ0) is 11.9. The first kappa shape index (κ1) is 10.3. The quantitative estimate of drug-likeness (QED) is 0.789. The minimum atomic E-state index is -0.315. The Balaban J connectivity index is 1.60. The van der Waals surface area contributed by atoms with Gasteiger partial charge in [0, 0.05) is 17.9 Å². The Morgan fingerprint density at radius 1 is 1.41 bits per heavy atom. The zero-order valence-corrected chi connectivity index (χ0v) is 9.31. The van der Waals surface area contributed by atoms with Crippen molar-refractivity contribution < 1.29 is 14.3 Å². The van der Waals surface area contributed by atoms with Gasteiger partial charge in [-0.05, 0) is 18.6 Å². The summed E-state index contributed by atoms with van der Waals surface area (Å²) < 4.78 is 5.27. The van der Waals surface area contributed by atoms with E-state index in [4.69, 9.17) is 4.74 Å². The van der Waals surface area contributed by atoms with Crippen molar-refractivity contribution in [3.8, 4) is 0 Å². The van der Waals surface area contributed by atoms with Crippen molar-refractivity contribution in [1.29, 1.82) is 0 Å². The molecule has 1 N–H and O–H groups in total. The van der Waals surface area contributed by atoms with Crippen molar-refractivity contribution in [3.63, 3.8) is 0 Å². The largest absolute Gasteiger partial charge is 0.461 e. The number of hydrogen-bond donors (Lipinski definition) is 1. The van der Waals surface area contributed by atoms with Gasteiger partial charge in [-0.3, -0.25) is 4.79 Å². The minimum absolute atomic E-state index is 0.0612. The van der Waals surface area contributed by atoms with Crippen LogP contribution in [0.2, 0.25) is 0 Å². The van der Waals surface area contributed by atoms with Crippen molar-refractivity contribution in [2.75, 3.05) is 13.2 Å². The number of carbonyl (C=O) groups excluding carboxylic acids is 2. The van der Waals surface area contributed by atoms with E-state index in [1.54, 1.807) is 24.3 Å². The topological polar surface area (TPSA) is 55.4 Å². The molecule has 0 radical (unpaired) electrons. The molecule has 1 saturated carbocycles. The highest BCUT2D eigenvalue weighted by atomic mass is 16.5. The maximum atomic E-state index is 11.7. The molecule has 1 aliphatic carbocycles. The highest BCUT2D eigenvalue weighted by Crippen LogP contribution is 2.55. The first-order chi connectivity index (χ1) is 8.21. The number of hydrogen-bond acceptors (Lipinski definition) is 3. The van der Waals surface area contributed by atoms with Crippen LogP contribution in [0, 0.1) is 11.3 Å². The SMILES string of the molecule is O=C(OC[C@@]12CNC(=O)[C@@H]1C2)c1ccccc1. The molecule has 1 aromatic rings. The van der Waals surface area contributed by atoms with Crippen molar-refractivity contribution in [2.45, 2.75) is 6.42 Å². The summed E-state index contributed by atoms with van der Waals surface area (Å²) in [6.45, 7) is 0.975. The van der Waals surface area contributed by atoms with Crippen LogP contribution >= 0.6 is 0 Å². The molecule has 1 saturated heterocycles. The number of piperidine rings is 1. The number of nitrogens with one attached hydrogen (secondary N) is 1. The van der Waals surface area contributed by atoms with E-state index in [9.17, 15) is 9.59 Å². The molecule has 3 rings (SSSR count). The van der Waals surface area contributed by atoms with Gasteiger partial charge in [0.1, 0.15) is 0 Å². The third kappa shape index (κ3) is 1.69. The van der Waals surface area contributed by atoms with Gasteiger partial charge < -0.3 is 10.1 Å². The van der Waals surface area contributed by atoms with E-state index < -0.39 is 0 Å². The van der Waals surface area contributed by atoms with E-state index in [0.29, 0.717) is 18.7 Å². The predicted octanol–water partition coefficient (Wildman–Crippen LogP) is 0.979. The van der Waals surface area contributed by atoms with Crippen LogP contribution in [0.1, 0.15) is 16.8 Å². The van der Waals surface area contributed by atoms with E-state index >= 15 is 0 Å². The molecule has 0 aromatic heterocycles. The van der Waals surface area contributed by atoms with Crippen LogP contribution in [0.4, 0.5) is 0 Å². The fraction of sp³-hybridized carbons (Fsp3) is 0.385. The van der Waals surface area contributed by atoms with Crippen LogP contribution in [0.5, 0.6) is 0 Å². The van der Waals surface area contributed by atoms with Gasteiger partial charge in [0.2, 0.25) is 5.91 Å². The molecule has 17 heavy (non-hydrogen) atoms. The standard InChI is InChI=1S/C13H13NO3/c15-11-10-6-13(10,7-14-11)8-17-12(16)9-4-2-1-3-5-9/h1-5,10H,6-8H2,(H,14,15)/t10-,13+/m0/s1. The van der Waals surface area contributed by atoms with Crippen LogP contribution in [0.3, 0.4) is 0 Å². The summed E-state index contributed by atoms with van der Waals surface area (Å²) in [5.41, 5.74) is 0.444. The van der Waals surface area contributed by atoms with Gasteiger partial charge >= 0.3 is 5.97 Å². The summed E-state index contributed by atoms with van der Waals surface area (Å²) in [7, 11) is 0. The van der Waals surface area contributed by atoms with Crippen LogP contribution in [0.25, 0.3) is 0 Å². The molecule has 0 unspecified atom stereocenters. The van der Waals surface area contributed by atoms with Crippen LogP contribution in [0.15, 0.2) is 30.3 Å². The van der Waals surface area contributed by atoms with E-state index in [-0.39, 0.29) is 23.2 Å². The smallest absolute Gasteiger partial charge is 0.338 e. The Kier molecular flexibility index (Phi) is 2.18. The van der Waals surface area contributed by atoms with E-state index in [1.165, 1.54) is 0 Å². The maximum absolute atomic E-state index is 11.7. The number of carbonyl (C=O) groups is 2. The van der Waals surface area contributed by atoms with Gasteiger partial charge in [0.05, 0.1) is 12.2 Å². The fourth-order valence-electron chi connectivity index (χ4n) is 2.38. The van der Waals surface area contributed by atoms with Crippen molar-refractivity contribution in [3.05, 3.63) is 35.9 Å². The van der Waals surface area contributed by atoms with Crippen LogP contribution in [-0.4, -0.2) is 25.0 Å². The number of ether oxygens (including phenoxy) is 1. The lowest BCUT2D eigenvalue weighted by Gasteiger charge is -2.11. The van der Waals surface area contributed by atoms with Gasteiger partial charge in [-0.2, -0.15) is 0 Å². The van der Waals surface area contributed by atoms with Crippen molar-refractivity contribution in [2.24, 2.45) is 11.3 Å². The Labute approximate surface area is 99.0 Å². The molecule has 0 spiro atoms. The van der Waals surface area contributed by atoms with E-state index in [1.807, 2.05) is 6.07 Å². The second-order valence-electron chi connectivity index (χ2n) is 4.78. The number of benzene rings is 1. The molecular formula is C13H13NO3. The van der Waals surface area contributed by atoms with Gasteiger partial charge in [0.25, 0.3) is 0 Å². The number of fused-ring (bicyclic) bond motifs is 1. The summed E-state index contributed by atoms with van der Waals surface area (Å²) in [4.78, 5) is 23.0. The second-order valence-corrected chi connectivity index (χ2v) is 4.78. The van der Waals surface area contributed by atoms with E-state index in [2.05, 4.69) is 5.32 Å². The first-order valence-corrected chi connectivity index (χ1v) is 5.71. The van der Waals surface area contributed by atoms with Crippen LogP contribution < -0.4 is 5.32 Å². The third-order valence-electron chi connectivity index (χ3n) is 3.62. The second kappa shape index (κ2) is 3.58. The molecular weight excluding hydrogens is 218 g/mol. The molecule has 1 aliphatic heterocycles. The molecule has 4 heteroatoms. The lowest BCUT2D eigenvalue weighted by Crippen LogP contribution is -2.24. The van der Waals surface area contributed by atoms with Gasteiger partial charge in [-0.25, -0.2) is 4.79 Å². The lowest BCUT2D eigenvalue weighted by molar-refractivity contribution is -0.120. The average Bonchev–Trinajstić information content (AvgIpc) is 3.02. The predicted molar refractivity (Wildman–Crippen MR) is 60.3 cm³/mol. The normalized spacial score (nSPS) is 29.4. The summed E-state index contributed by atoms with van der Waals surface area (Å²) >= 11 is 0. The first-order valence-electron chi connectivity index (χ1n) is 5.71. The molecule has 2 aliphatic rings. The Hall–Kier alpha value is -1.84. The fourth-order valence-corrected chi connectivity index (χ4v) is 2.38. The highest BCUT2D eigenvalue weighted by molar-refractivity contribution is 5.89. The summed E-state index contributed by atoms with van der Waals surface area (Å²) in [5.74, 6) is -0.156. The summed E-state index contributed by atoms with van der Waals surface area (Å²) in [6.07, 6.45) is 0.848.